The lowest BCUT2D eigenvalue weighted by Crippen LogP contribution is -2.33. The van der Waals surface area contributed by atoms with Crippen LogP contribution in [0.1, 0.15) is 24.8 Å². The Balaban J connectivity index is 1.80. The summed E-state index contributed by atoms with van der Waals surface area (Å²) in [5.41, 5.74) is 1.17. The van der Waals surface area contributed by atoms with Gasteiger partial charge in [0, 0.05) is 24.8 Å². The van der Waals surface area contributed by atoms with Crippen LogP contribution in [0.4, 0.5) is 0 Å². The molecule has 0 aromatic carbocycles. The fraction of sp³-hybridized carbons (Fsp3) is 0.636. The smallest absolute Gasteiger partial charge is 0.0947 e. The molecule has 2 rings (SSSR count). The Hall–Kier alpha value is -0.800. The van der Waals surface area contributed by atoms with Crippen molar-refractivity contribution < 1.29 is 9.52 Å². The van der Waals surface area contributed by atoms with Crippen molar-refractivity contribution in [3.8, 4) is 0 Å². The molecule has 1 aliphatic carbocycles. The minimum absolute atomic E-state index is 0.309. The predicted octanol–water partition coefficient (Wildman–Crippen LogP) is 1.53. The van der Waals surface area contributed by atoms with E-state index in [4.69, 9.17) is 9.52 Å². The molecule has 1 aromatic heterocycles. The third-order valence-electron chi connectivity index (χ3n) is 3.04. The average Bonchev–Trinajstić information content (AvgIpc) is 2.85. The van der Waals surface area contributed by atoms with E-state index in [1.165, 1.54) is 18.4 Å². The number of nitrogens with one attached hydrogen (secondary N) is 1. The predicted molar refractivity (Wildman–Crippen MR) is 53.8 cm³/mol. The summed E-state index contributed by atoms with van der Waals surface area (Å²) < 4.78 is 4.99. The highest BCUT2D eigenvalue weighted by atomic mass is 16.3. The molecular formula is C11H17NO2. The highest BCUT2D eigenvalue weighted by Crippen LogP contribution is 2.25. The summed E-state index contributed by atoms with van der Waals surface area (Å²) in [6.45, 7) is 1.15. The van der Waals surface area contributed by atoms with Crippen molar-refractivity contribution >= 4 is 0 Å². The van der Waals surface area contributed by atoms with Crippen molar-refractivity contribution in [3.63, 3.8) is 0 Å². The van der Waals surface area contributed by atoms with Gasteiger partial charge in [-0.15, -0.1) is 0 Å². The van der Waals surface area contributed by atoms with Gasteiger partial charge in [-0.3, -0.25) is 0 Å². The van der Waals surface area contributed by atoms with Gasteiger partial charge >= 0.3 is 0 Å². The Kier molecular flexibility index (Phi) is 3.22. The molecule has 3 heteroatoms. The van der Waals surface area contributed by atoms with Crippen molar-refractivity contribution in [1.82, 2.24) is 5.32 Å². The molecule has 3 nitrogen and oxygen atoms in total. The highest BCUT2D eigenvalue weighted by molar-refractivity contribution is 5.05. The molecule has 0 bridgehead atoms. The van der Waals surface area contributed by atoms with Gasteiger partial charge in [0.25, 0.3) is 0 Å². The summed E-state index contributed by atoms with van der Waals surface area (Å²) in [5.74, 6) is 0.446. The third kappa shape index (κ3) is 2.16. The molecular weight excluding hydrogens is 178 g/mol. The van der Waals surface area contributed by atoms with Crippen LogP contribution >= 0.6 is 0 Å². The largest absolute Gasteiger partial charge is 0.472 e. The van der Waals surface area contributed by atoms with Crippen LogP contribution in [0.3, 0.4) is 0 Å². The Morgan fingerprint density at radius 3 is 3.14 bits per heavy atom. The van der Waals surface area contributed by atoms with Crippen LogP contribution in [0.2, 0.25) is 0 Å². The van der Waals surface area contributed by atoms with E-state index in [0.29, 0.717) is 18.6 Å². The van der Waals surface area contributed by atoms with Gasteiger partial charge in [-0.1, -0.05) is 6.42 Å². The van der Waals surface area contributed by atoms with E-state index in [9.17, 15) is 0 Å². The summed E-state index contributed by atoms with van der Waals surface area (Å²) in [6.07, 6.45) is 7.02. The molecule has 2 unspecified atom stereocenters. The van der Waals surface area contributed by atoms with Gasteiger partial charge in [-0.25, -0.2) is 0 Å². The Morgan fingerprint density at radius 2 is 2.43 bits per heavy atom. The van der Waals surface area contributed by atoms with Gasteiger partial charge in [-0.05, 0) is 24.8 Å². The Morgan fingerprint density at radius 1 is 1.50 bits per heavy atom. The molecule has 2 N–H and O–H groups in total. The Labute approximate surface area is 84.1 Å². The molecule has 0 saturated heterocycles. The van der Waals surface area contributed by atoms with Crippen LogP contribution in [0, 0.1) is 5.92 Å². The summed E-state index contributed by atoms with van der Waals surface area (Å²) in [5, 5.41) is 12.6. The minimum atomic E-state index is 0.309. The van der Waals surface area contributed by atoms with E-state index in [1.54, 1.807) is 12.5 Å². The molecule has 1 fully saturated rings. The normalized spacial score (nSPS) is 26.9. The summed E-state index contributed by atoms with van der Waals surface area (Å²) in [7, 11) is 0. The van der Waals surface area contributed by atoms with Crippen molar-refractivity contribution in [2.24, 2.45) is 5.92 Å². The molecule has 2 atom stereocenters. The number of rotatable bonds is 4. The van der Waals surface area contributed by atoms with Gasteiger partial charge in [0.05, 0.1) is 12.5 Å². The molecule has 1 saturated carbocycles. The maximum atomic E-state index is 9.14. The molecule has 1 aromatic rings. The number of furan rings is 1. The van der Waals surface area contributed by atoms with E-state index in [-0.39, 0.29) is 0 Å². The number of hydrogen-bond acceptors (Lipinski definition) is 3. The summed E-state index contributed by atoms with van der Waals surface area (Å²) in [6, 6.07) is 2.45. The van der Waals surface area contributed by atoms with Crippen LogP contribution in [-0.4, -0.2) is 17.8 Å². The second kappa shape index (κ2) is 4.62. The molecule has 0 spiro atoms. The zero-order valence-electron chi connectivity index (χ0n) is 8.28. The fourth-order valence-electron chi connectivity index (χ4n) is 2.17. The van der Waals surface area contributed by atoms with Crippen LogP contribution < -0.4 is 5.32 Å². The third-order valence-corrected chi connectivity index (χ3v) is 3.04. The fourth-order valence-corrected chi connectivity index (χ4v) is 2.17. The van der Waals surface area contributed by atoms with E-state index in [1.807, 2.05) is 6.07 Å². The summed E-state index contributed by atoms with van der Waals surface area (Å²) >= 11 is 0. The zero-order valence-corrected chi connectivity index (χ0v) is 8.28. The zero-order chi connectivity index (χ0) is 9.80. The molecule has 1 aliphatic rings. The van der Waals surface area contributed by atoms with Gasteiger partial charge in [0.1, 0.15) is 0 Å². The van der Waals surface area contributed by atoms with Crippen LogP contribution in [-0.2, 0) is 6.54 Å². The monoisotopic (exact) mass is 195 g/mol. The lowest BCUT2D eigenvalue weighted by molar-refractivity contribution is 0.205. The van der Waals surface area contributed by atoms with E-state index < -0.39 is 0 Å². The van der Waals surface area contributed by atoms with Crippen molar-refractivity contribution in [3.05, 3.63) is 24.2 Å². The SMILES string of the molecule is OCC1CCCC1NCc1ccoc1. The number of aliphatic hydroxyl groups is 1. The Bertz CT molecular complexity index is 258. The maximum absolute atomic E-state index is 9.14. The topological polar surface area (TPSA) is 45.4 Å². The standard InChI is InChI=1S/C11H17NO2/c13-7-10-2-1-3-11(10)12-6-9-4-5-14-8-9/h4-5,8,10-13H,1-3,6-7H2. The van der Waals surface area contributed by atoms with E-state index in [2.05, 4.69) is 5.32 Å². The molecule has 0 amide bonds. The van der Waals surface area contributed by atoms with E-state index >= 15 is 0 Å². The second-order valence-electron chi connectivity index (χ2n) is 3.99. The van der Waals surface area contributed by atoms with Crippen LogP contribution in [0.15, 0.2) is 23.0 Å². The van der Waals surface area contributed by atoms with Gasteiger partial charge in [0.15, 0.2) is 0 Å². The van der Waals surface area contributed by atoms with Crippen molar-refractivity contribution in [1.29, 1.82) is 0 Å². The lowest BCUT2D eigenvalue weighted by atomic mass is 10.1. The van der Waals surface area contributed by atoms with Gasteiger partial charge < -0.3 is 14.8 Å². The first-order chi connectivity index (χ1) is 6.90. The molecule has 1 heterocycles. The molecule has 78 valence electrons. The van der Waals surface area contributed by atoms with Crippen molar-refractivity contribution in [2.45, 2.75) is 31.8 Å². The molecule has 14 heavy (non-hydrogen) atoms. The van der Waals surface area contributed by atoms with Crippen LogP contribution in [0.5, 0.6) is 0 Å². The number of aliphatic hydroxyl groups excluding tert-OH is 1. The van der Waals surface area contributed by atoms with Gasteiger partial charge in [-0.2, -0.15) is 0 Å². The number of hydrogen-bond donors (Lipinski definition) is 2. The van der Waals surface area contributed by atoms with Crippen molar-refractivity contribution in [2.75, 3.05) is 6.61 Å². The first-order valence-corrected chi connectivity index (χ1v) is 5.25. The summed E-state index contributed by atoms with van der Waals surface area (Å²) in [4.78, 5) is 0. The second-order valence-corrected chi connectivity index (χ2v) is 3.99. The first kappa shape index (κ1) is 9.74. The highest BCUT2D eigenvalue weighted by Gasteiger charge is 2.25. The minimum Gasteiger partial charge on any atom is -0.472 e. The van der Waals surface area contributed by atoms with Crippen LogP contribution in [0.25, 0.3) is 0 Å². The maximum Gasteiger partial charge on any atom is 0.0947 e. The lowest BCUT2D eigenvalue weighted by Gasteiger charge is -2.18. The molecule has 0 radical (unpaired) electrons. The van der Waals surface area contributed by atoms with Gasteiger partial charge in [0.2, 0.25) is 0 Å². The van der Waals surface area contributed by atoms with E-state index in [0.717, 1.165) is 13.0 Å². The molecule has 0 aliphatic heterocycles. The first-order valence-electron chi connectivity index (χ1n) is 5.25. The average molecular weight is 195 g/mol. The quantitative estimate of drug-likeness (QED) is 0.765.